The van der Waals surface area contributed by atoms with E-state index in [4.69, 9.17) is 11.6 Å². The van der Waals surface area contributed by atoms with Gasteiger partial charge in [-0.3, -0.25) is 0 Å². The fourth-order valence-corrected chi connectivity index (χ4v) is 3.45. The maximum atomic E-state index is 5.90. The normalized spacial score (nSPS) is 14.4. The fraction of sp³-hybridized carbons (Fsp3) is 0.286. The largest absolute Gasteiger partial charge is 0.303 e. The molecular weight excluding hydrogens is 330 g/mol. The molecule has 0 saturated heterocycles. The van der Waals surface area contributed by atoms with E-state index in [-0.39, 0.29) is 0 Å². The van der Waals surface area contributed by atoms with Gasteiger partial charge >= 0.3 is 0 Å². The summed E-state index contributed by atoms with van der Waals surface area (Å²) in [7, 11) is 0. The average Bonchev–Trinajstić information content (AvgIpc) is 2.76. The van der Waals surface area contributed by atoms with E-state index in [1.807, 2.05) is 12.1 Å². The number of hydrogen-bond donors (Lipinski definition) is 1. The molecule has 1 N–H and O–H groups in total. The van der Waals surface area contributed by atoms with E-state index in [1.165, 1.54) is 10.4 Å². The van der Waals surface area contributed by atoms with Crippen LogP contribution in [0.4, 0.5) is 0 Å². The third-order valence-corrected chi connectivity index (χ3v) is 5.01. The summed E-state index contributed by atoms with van der Waals surface area (Å²) in [6.45, 7) is 4.35. The number of nitrogens with one attached hydrogen (secondary N) is 1. The van der Waals surface area contributed by atoms with Crippen LogP contribution in [0.15, 0.2) is 40.2 Å². The fourth-order valence-electron chi connectivity index (χ4n) is 1.86. The molecule has 1 aromatic carbocycles. The van der Waals surface area contributed by atoms with Crippen molar-refractivity contribution in [2.75, 3.05) is 0 Å². The van der Waals surface area contributed by atoms with E-state index >= 15 is 0 Å². The zero-order chi connectivity index (χ0) is 13.1. The molecule has 1 heterocycles. The first kappa shape index (κ1) is 14.1. The van der Waals surface area contributed by atoms with E-state index < -0.39 is 0 Å². The molecule has 0 radical (unpaired) electrons. The Morgan fingerprint density at radius 3 is 2.39 bits per heavy atom. The summed E-state index contributed by atoms with van der Waals surface area (Å²) in [5.74, 6) is 0. The minimum absolute atomic E-state index is 0.304. The van der Waals surface area contributed by atoms with Gasteiger partial charge in [0.2, 0.25) is 0 Å². The molecule has 2 aromatic rings. The van der Waals surface area contributed by atoms with Crippen molar-refractivity contribution in [2.24, 2.45) is 0 Å². The molecule has 2 atom stereocenters. The molecule has 96 valence electrons. The van der Waals surface area contributed by atoms with Gasteiger partial charge in [0.1, 0.15) is 0 Å². The second-order valence-corrected chi connectivity index (χ2v) is 6.62. The smallest absolute Gasteiger partial charge is 0.0406 e. The maximum Gasteiger partial charge on any atom is 0.0406 e. The van der Waals surface area contributed by atoms with E-state index in [1.54, 1.807) is 11.3 Å². The van der Waals surface area contributed by atoms with Crippen LogP contribution in [0.3, 0.4) is 0 Å². The van der Waals surface area contributed by atoms with Gasteiger partial charge in [0.05, 0.1) is 0 Å². The molecule has 0 fully saturated rings. The number of halogens is 2. The van der Waals surface area contributed by atoms with Crippen LogP contribution in [0.2, 0.25) is 5.02 Å². The molecule has 1 nitrogen and oxygen atoms in total. The van der Waals surface area contributed by atoms with Crippen LogP contribution in [-0.2, 0) is 0 Å². The molecule has 4 heteroatoms. The number of benzene rings is 1. The van der Waals surface area contributed by atoms with E-state index in [0.29, 0.717) is 12.1 Å². The number of hydrogen-bond acceptors (Lipinski definition) is 2. The minimum atomic E-state index is 0.304. The van der Waals surface area contributed by atoms with Crippen LogP contribution in [0.25, 0.3) is 0 Å². The standard InChI is InChI=1S/C14H15BrClNS/c1-9(11-3-5-13(16)6-4-11)17-10(2)14-7-12(15)8-18-14/h3-10,17H,1-2H3. The topological polar surface area (TPSA) is 12.0 Å². The predicted molar refractivity (Wildman–Crippen MR) is 83.4 cm³/mol. The van der Waals surface area contributed by atoms with Crippen LogP contribution in [0.5, 0.6) is 0 Å². The van der Waals surface area contributed by atoms with E-state index in [2.05, 4.69) is 58.7 Å². The SMILES string of the molecule is CC(NC(C)c1cc(Br)cs1)c1ccc(Cl)cc1. The zero-order valence-corrected chi connectivity index (χ0v) is 13.4. The Hall–Kier alpha value is -0.350. The molecule has 2 unspecified atom stereocenters. The summed E-state index contributed by atoms with van der Waals surface area (Å²) >= 11 is 11.2. The van der Waals surface area contributed by atoms with Crippen molar-refractivity contribution >= 4 is 38.9 Å². The lowest BCUT2D eigenvalue weighted by Gasteiger charge is -2.19. The van der Waals surface area contributed by atoms with Crippen LogP contribution in [0.1, 0.15) is 36.4 Å². The second kappa shape index (κ2) is 6.20. The van der Waals surface area contributed by atoms with Gasteiger partial charge in [-0.05, 0) is 53.5 Å². The van der Waals surface area contributed by atoms with Crippen molar-refractivity contribution < 1.29 is 0 Å². The summed E-state index contributed by atoms with van der Waals surface area (Å²) in [5.41, 5.74) is 1.25. The Morgan fingerprint density at radius 2 is 1.83 bits per heavy atom. The first-order valence-electron chi connectivity index (χ1n) is 5.81. The van der Waals surface area contributed by atoms with Crippen molar-refractivity contribution in [3.63, 3.8) is 0 Å². The Morgan fingerprint density at radius 1 is 1.17 bits per heavy atom. The van der Waals surface area contributed by atoms with Crippen molar-refractivity contribution in [3.05, 3.63) is 55.6 Å². The molecule has 0 aliphatic carbocycles. The van der Waals surface area contributed by atoms with Gasteiger partial charge in [-0.25, -0.2) is 0 Å². The first-order valence-corrected chi connectivity index (χ1v) is 7.87. The molecule has 0 aliphatic rings. The number of thiophene rings is 1. The number of rotatable bonds is 4. The lowest BCUT2D eigenvalue weighted by molar-refractivity contribution is 0.500. The molecule has 0 aliphatic heterocycles. The Kier molecular flexibility index (Phi) is 4.84. The average molecular weight is 345 g/mol. The molecule has 2 rings (SSSR count). The summed E-state index contributed by atoms with van der Waals surface area (Å²) < 4.78 is 1.15. The Bertz CT molecular complexity index is 509. The Labute approximate surface area is 125 Å². The highest BCUT2D eigenvalue weighted by atomic mass is 79.9. The zero-order valence-electron chi connectivity index (χ0n) is 10.3. The molecule has 18 heavy (non-hydrogen) atoms. The van der Waals surface area contributed by atoms with Crippen molar-refractivity contribution in [1.29, 1.82) is 0 Å². The lowest BCUT2D eigenvalue weighted by atomic mass is 10.1. The maximum absolute atomic E-state index is 5.90. The van der Waals surface area contributed by atoms with Gasteiger partial charge in [-0.1, -0.05) is 23.7 Å². The van der Waals surface area contributed by atoms with Gasteiger partial charge in [0.25, 0.3) is 0 Å². The summed E-state index contributed by atoms with van der Waals surface area (Å²) in [6, 6.07) is 10.8. The van der Waals surface area contributed by atoms with Crippen LogP contribution in [0, 0.1) is 0 Å². The van der Waals surface area contributed by atoms with Gasteiger partial charge in [-0.15, -0.1) is 11.3 Å². The molecular formula is C14H15BrClNS. The highest BCUT2D eigenvalue weighted by Gasteiger charge is 2.12. The van der Waals surface area contributed by atoms with Gasteiger partial charge in [-0.2, -0.15) is 0 Å². The van der Waals surface area contributed by atoms with Crippen LogP contribution >= 0.6 is 38.9 Å². The van der Waals surface area contributed by atoms with Gasteiger partial charge in [0, 0.05) is 31.8 Å². The van der Waals surface area contributed by atoms with Crippen molar-refractivity contribution in [3.8, 4) is 0 Å². The lowest BCUT2D eigenvalue weighted by Crippen LogP contribution is -2.21. The van der Waals surface area contributed by atoms with Crippen LogP contribution < -0.4 is 5.32 Å². The monoisotopic (exact) mass is 343 g/mol. The third-order valence-electron chi connectivity index (χ3n) is 2.88. The molecule has 1 aromatic heterocycles. The molecule has 0 saturated carbocycles. The molecule has 0 bridgehead atoms. The van der Waals surface area contributed by atoms with Crippen molar-refractivity contribution in [2.45, 2.75) is 25.9 Å². The first-order chi connectivity index (χ1) is 8.56. The third kappa shape index (κ3) is 3.58. The molecule has 0 amide bonds. The summed E-state index contributed by atoms with van der Waals surface area (Å²) in [6.07, 6.45) is 0. The van der Waals surface area contributed by atoms with Gasteiger partial charge in [0.15, 0.2) is 0 Å². The van der Waals surface area contributed by atoms with Crippen molar-refractivity contribution in [1.82, 2.24) is 5.32 Å². The minimum Gasteiger partial charge on any atom is -0.303 e. The summed E-state index contributed by atoms with van der Waals surface area (Å²) in [4.78, 5) is 1.34. The Balaban J connectivity index is 2.02. The predicted octanol–water partition coefficient (Wildman–Crippen LogP) is 5.58. The van der Waals surface area contributed by atoms with E-state index in [0.717, 1.165) is 9.50 Å². The second-order valence-electron chi connectivity index (χ2n) is 4.33. The highest BCUT2D eigenvalue weighted by molar-refractivity contribution is 9.10. The van der Waals surface area contributed by atoms with Gasteiger partial charge < -0.3 is 5.32 Å². The summed E-state index contributed by atoms with van der Waals surface area (Å²) in [5, 5.41) is 6.48. The van der Waals surface area contributed by atoms with Crippen LogP contribution in [-0.4, -0.2) is 0 Å². The quantitative estimate of drug-likeness (QED) is 0.764. The highest BCUT2D eigenvalue weighted by Crippen LogP contribution is 2.27. The van der Waals surface area contributed by atoms with E-state index in [9.17, 15) is 0 Å². The molecule has 0 spiro atoms.